The van der Waals surface area contributed by atoms with Crippen molar-refractivity contribution in [2.45, 2.75) is 0 Å². The number of nitriles is 1. The Kier molecular flexibility index (Phi) is 4.11. The van der Waals surface area contributed by atoms with Gasteiger partial charge in [0.2, 0.25) is 0 Å². The summed E-state index contributed by atoms with van der Waals surface area (Å²) in [6.45, 7) is 0. The van der Waals surface area contributed by atoms with Crippen molar-refractivity contribution in [3.05, 3.63) is 115 Å². The molecule has 0 fully saturated rings. The Bertz CT molecular complexity index is 1880. The van der Waals surface area contributed by atoms with Crippen molar-refractivity contribution in [1.29, 1.82) is 5.26 Å². The fourth-order valence-electron chi connectivity index (χ4n) is 5.05. The van der Waals surface area contributed by atoms with E-state index in [0.717, 1.165) is 11.1 Å². The van der Waals surface area contributed by atoms with Gasteiger partial charge in [-0.1, -0.05) is 54.6 Å². The molecule has 7 aromatic rings. The maximum Gasteiger partial charge on any atom is 0.0991 e. The number of thiophene rings is 1. The molecule has 5 aromatic carbocycles. The second-order valence-electron chi connectivity index (χ2n) is 8.56. The summed E-state index contributed by atoms with van der Waals surface area (Å²) in [5.74, 6) is 0. The largest absolute Gasteiger partial charge is 0.309 e. The third-order valence-electron chi connectivity index (χ3n) is 6.62. The van der Waals surface area contributed by atoms with Crippen LogP contribution in [0.2, 0.25) is 0 Å². The molecule has 0 radical (unpaired) electrons. The number of benzene rings is 5. The van der Waals surface area contributed by atoms with Gasteiger partial charge in [0.25, 0.3) is 0 Å². The lowest BCUT2D eigenvalue weighted by molar-refractivity contribution is 1.19. The molecule has 0 atom stereocenters. The lowest BCUT2D eigenvalue weighted by Crippen LogP contribution is -1.93. The average Bonchev–Trinajstić information content (AvgIpc) is 3.43. The van der Waals surface area contributed by atoms with Gasteiger partial charge in [-0.2, -0.15) is 5.26 Å². The Morgan fingerprint density at radius 3 is 1.94 bits per heavy atom. The maximum atomic E-state index is 9.31. The number of hydrogen-bond acceptors (Lipinski definition) is 2. The van der Waals surface area contributed by atoms with Crippen LogP contribution < -0.4 is 0 Å². The standard InChI is InChI=1S/C31H18N2S/c32-19-20-6-5-7-21(16-20)22-12-14-30-26(17-22)27-18-23(13-15-31(27)34-30)33-28-10-3-1-8-24(28)25-9-2-4-11-29(25)33/h1-18H. The predicted molar refractivity (Wildman–Crippen MR) is 144 cm³/mol. The molecule has 158 valence electrons. The summed E-state index contributed by atoms with van der Waals surface area (Å²) in [7, 11) is 0. The number of hydrogen-bond donors (Lipinski definition) is 0. The van der Waals surface area contributed by atoms with Crippen molar-refractivity contribution >= 4 is 53.3 Å². The van der Waals surface area contributed by atoms with Crippen LogP contribution in [0.5, 0.6) is 0 Å². The van der Waals surface area contributed by atoms with E-state index < -0.39 is 0 Å². The summed E-state index contributed by atoms with van der Waals surface area (Å²) in [4.78, 5) is 0. The first kappa shape index (κ1) is 19.1. The van der Waals surface area contributed by atoms with Crippen LogP contribution in [0.25, 0.3) is 58.8 Å². The van der Waals surface area contributed by atoms with E-state index >= 15 is 0 Å². The van der Waals surface area contributed by atoms with Gasteiger partial charge in [0.15, 0.2) is 0 Å². The molecule has 2 heterocycles. The van der Waals surface area contributed by atoms with Gasteiger partial charge < -0.3 is 4.57 Å². The lowest BCUT2D eigenvalue weighted by Gasteiger charge is -2.08. The lowest BCUT2D eigenvalue weighted by atomic mass is 10.0. The van der Waals surface area contributed by atoms with E-state index in [1.54, 1.807) is 0 Å². The molecule has 0 saturated heterocycles. The second-order valence-corrected chi connectivity index (χ2v) is 9.64. The molecule has 0 aliphatic carbocycles. The van der Waals surface area contributed by atoms with Crippen molar-refractivity contribution in [2.24, 2.45) is 0 Å². The van der Waals surface area contributed by atoms with Crippen molar-refractivity contribution in [3.63, 3.8) is 0 Å². The van der Waals surface area contributed by atoms with Crippen molar-refractivity contribution in [3.8, 4) is 22.9 Å². The van der Waals surface area contributed by atoms with Crippen molar-refractivity contribution in [2.75, 3.05) is 0 Å². The van der Waals surface area contributed by atoms with Crippen LogP contribution in [0.3, 0.4) is 0 Å². The number of rotatable bonds is 2. The maximum absolute atomic E-state index is 9.31. The third-order valence-corrected chi connectivity index (χ3v) is 7.77. The minimum Gasteiger partial charge on any atom is -0.309 e. The molecule has 0 unspecified atom stereocenters. The normalized spacial score (nSPS) is 11.5. The highest BCUT2D eigenvalue weighted by Crippen LogP contribution is 2.39. The van der Waals surface area contributed by atoms with Crippen LogP contribution in [0.15, 0.2) is 109 Å². The van der Waals surface area contributed by atoms with E-state index in [1.165, 1.54) is 47.7 Å². The van der Waals surface area contributed by atoms with Crippen molar-refractivity contribution < 1.29 is 0 Å². The summed E-state index contributed by atoms with van der Waals surface area (Å²) in [6.07, 6.45) is 0. The molecule has 0 bridgehead atoms. The molecule has 0 aliphatic heterocycles. The SMILES string of the molecule is N#Cc1cccc(-c2ccc3sc4ccc(-n5c6ccccc6c6ccccc65)cc4c3c2)c1. The van der Waals surface area contributed by atoms with Gasteiger partial charge in [-0.25, -0.2) is 0 Å². The Morgan fingerprint density at radius 2 is 1.21 bits per heavy atom. The van der Waals surface area contributed by atoms with Gasteiger partial charge in [-0.05, 0) is 65.7 Å². The highest BCUT2D eigenvalue weighted by atomic mass is 32.1. The molecule has 2 nitrogen and oxygen atoms in total. The molecule has 2 aromatic heterocycles. The third kappa shape index (κ3) is 2.80. The molecule has 34 heavy (non-hydrogen) atoms. The molecule has 0 N–H and O–H groups in total. The smallest absolute Gasteiger partial charge is 0.0991 e. The van der Waals surface area contributed by atoms with Gasteiger partial charge in [-0.3, -0.25) is 0 Å². The summed E-state index contributed by atoms with van der Waals surface area (Å²) >= 11 is 1.82. The van der Waals surface area contributed by atoms with Crippen LogP contribution in [-0.2, 0) is 0 Å². The average molecular weight is 451 g/mol. The number of fused-ring (bicyclic) bond motifs is 6. The molecule has 0 aliphatic rings. The topological polar surface area (TPSA) is 28.7 Å². The first-order valence-corrected chi connectivity index (χ1v) is 12.1. The van der Waals surface area contributed by atoms with E-state index in [2.05, 4.69) is 102 Å². The van der Waals surface area contributed by atoms with Crippen LogP contribution in [-0.4, -0.2) is 4.57 Å². The Hall–Kier alpha value is -4.39. The van der Waals surface area contributed by atoms with E-state index in [1.807, 2.05) is 29.5 Å². The highest BCUT2D eigenvalue weighted by molar-refractivity contribution is 7.25. The minimum atomic E-state index is 0.682. The van der Waals surface area contributed by atoms with Gasteiger partial charge in [-0.15, -0.1) is 11.3 Å². The van der Waals surface area contributed by atoms with Gasteiger partial charge >= 0.3 is 0 Å². The zero-order valence-corrected chi connectivity index (χ0v) is 19.0. The fraction of sp³-hybridized carbons (Fsp3) is 0. The van der Waals surface area contributed by atoms with Gasteiger partial charge in [0, 0.05) is 36.6 Å². The summed E-state index contributed by atoms with van der Waals surface area (Å²) in [5, 5.41) is 14.4. The summed E-state index contributed by atoms with van der Waals surface area (Å²) in [5.41, 5.74) is 6.49. The van der Waals surface area contributed by atoms with E-state index in [9.17, 15) is 5.26 Å². The van der Waals surface area contributed by atoms with E-state index in [4.69, 9.17) is 0 Å². The fourth-order valence-corrected chi connectivity index (χ4v) is 6.12. The monoisotopic (exact) mass is 450 g/mol. The minimum absolute atomic E-state index is 0.682. The zero-order chi connectivity index (χ0) is 22.6. The Morgan fingerprint density at radius 1 is 0.559 bits per heavy atom. The molecular weight excluding hydrogens is 432 g/mol. The molecule has 0 spiro atoms. The number of nitrogens with zero attached hydrogens (tertiary/aromatic N) is 2. The summed E-state index contributed by atoms with van der Waals surface area (Å²) < 4.78 is 4.92. The summed E-state index contributed by atoms with van der Waals surface area (Å²) in [6, 6.07) is 40.7. The molecular formula is C31H18N2S. The second kappa shape index (κ2) is 7.31. The van der Waals surface area contributed by atoms with E-state index in [0.29, 0.717) is 5.56 Å². The zero-order valence-electron chi connectivity index (χ0n) is 18.2. The quantitative estimate of drug-likeness (QED) is 0.259. The van der Waals surface area contributed by atoms with Crippen LogP contribution in [0.4, 0.5) is 0 Å². The Balaban J connectivity index is 1.49. The highest BCUT2D eigenvalue weighted by Gasteiger charge is 2.13. The van der Waals surface area contributed by atoms with Crippen LogP contribution in [0, 0.1) is 11.3 Å². The van der Waals surface area contributed by atoms with E-state index in [-0.39, 0.29) is 0 Å². The van der Waals surface area contributed by atoms with Crippen molar-refractivity contribution in [1.82, 2.24) is 4.57 Å². The first-order chi connectivity index (χ1) is 16.8. The van der Waals surface area contributed by atoms with Gasteiger partial charge in [0.05, 0.1) is 22.7 Å². The van der Waals surface area contributed by atoms with Crippen LogP contribution in [0.1, 0.15) is 5.56 Å². The number of aromatic nitrogens is 1. The molecule has 3 heteroatoms. The Labute approximate surface area is 200 Å². The van der Waals surface area contributed by atoms with Gasteiger partial charge in [0.1, 0.15) is 0 Å². The molecule has 7 rings (SSSR count). The van der Waals surface area contributed by atoms with Crippen LogP contribution >= 0.6 is 11.3 Å². The first-order valence-electron chi connectivity index (χ1n) is 11.3. The molecule has 0 amide bonds. The number of para-hydroxylation sites is 2. The predicted octanol–water partition coefficient (Wildman–Crippen LogP) is 8.69. The molecule has 0 saturated carbocycles.